The van der Waals surface area contributed by atoms with Crippen LogP contribution in [0.4, 0.5) is 0 Å². The summed E-state index contributed by atoms with van der Waals surface area (Å²) in [5.41, 5.74) is 0.973. The number of aromatic nitrogens is 2. The maximum Gasteiger partial charge on any atom is 0.262 e. The number of nitrogens with one attached hydrogen (secondary N) is 1. The first-order valence-corrected chi connectivity index (χ1v) is 9.18. The Morgan fingerprint density at radius 3 is 2.88 bits per heavy atom. The molecule has 4 rings (SSSR count). The van der Waals surface area contributed by atoms with Crippen molar-refractivity contribution in [2.75, 3.05) is 7.05 Å². The average molecular weight is 367 g/mol. The summed E-state index contributed by atoms with van der Waals surface area (Å²) in [7, 11) is 1.60. The first-order chi connectivity index (χ1) is 12.2. The number of nitrogens with zero attached hydrogens (tertiary/aromatic N) is 2. The Morgan fingerprint density at radius 2 is 2.04 bits per heavy atom. The van der Waals surface area contributed by atoms with Crippen molar-refractivity contribution in [3.63, 3.8) is 0 Å². The summed E-state index contributed by atoms with van der Waals surface area (Å²) in [6.07, 6.45) is 5.24. The topological polar surface area (TPSA) is 68.0 Å². The van der Waals surface area contributed by atoms with Crippen LogP contribution in [0.25, 0.3) is 33.1 Å². The number of hydrogen-bond donors (Lipinski definition) is 1. The molecule has 3 aromatic heterocycles. The van der Waals surface area contributed by atoms with Gasteiger partial charge in [-0.15, -0.1) is 22.7 Å². The van der Waals surface area contributed by atoms with E-state index in [0.29, 0.717) is 10.6 Å². The third-order valence-electron chi connectivity index (χ3n) is 3.50. The summed E-state index contributed by atoms with van der Waals surface area (Å²) in [6, 6.07) is 11.8. The molecule has 1 N–H and O–H groups in total. The lowest BCUT2D eigenvalue weighted by Crippen LogP contribution is -2.16. The number of thiazole rings is 2. The van der Waals surface area contributed by atoms with Crippen LogP contribution in [0.2, 0.25) is 0 Å². The smallest absolute Gasteiger partial charge is 0.262 e. The minimum Gasteiger partial charge on any atom is -0.454 e. The molecule has 0 bridgehead atoms. The Kier molecular flexibility index (Phi) is 4.17. The molecular weight excluding hydrogens is 354 g/mol. The number of fused-ring (bicyclic) bond motifs is 1. The summed E-state index contributed by atoms with van der Waals surface area (Å²) in [5.74, 6) is 1.32. The zero-order valence-electron chi connectivity index (χ0n) is 13.2. The van der Waals surface area contributed by atoms with Crippen molar-refractivity contribution in [3.8, 4) is 10.8 Å². The van der Waals surface area contributed by atoms with Crippen LogP contribution in [-0.4, -0.2) is 22.9 Å². The maximum absolute atomic E-state index is 11.5. The van der Waals surface area contributed by atoms with Gasteiger partial charge in [-0.25, -0.2) is 9.97 Å². The van der Waals surface area contributed by atoms with Gasteiger partial charge in [0.2, 0.25) is 0 Å². The number of carbonyl (C=O) groups excluding carboxylic acids is 1. The van der Waals surface area contributed by atoms with E-state index in [0.717, 1.165) is 26.0 Å². The maximum atomic E-state index is 11.5. The van der Waals surface area contributed by atoms with Crippen LogP contribution in [0, 0.1) is 0 Å². The molecular formula is C18H13N3O2S2. The highest BCUT2D eigenvalue weighted by atomic mass is 32.1. The molecule has 1 amide bonds. The van der Waals surface area contributed by atoms with E-state index in [-0.39, 0.29) is 5.91 Å². The number of para-hydroxylation sites is 1. The van der Waals surface area contributed by atoms with Gasteiger partial charge < -0.3 is 9.73 Å². The molecule has 3 heterocycles. The lowest BCUT2D eigenvalue weighted by Gasteiger charge is -1.90. The van der Waals surface area contributed by atoms with Crippen molar-refractivity contribution in [1.82, 2.24) is 15.3 Å². The van der Waals surface area contributed by atoms with Gasteiger partial charge in [-0.05, 0) is 36.4 Å². The van der Waals surface area contributed by atoms with E-state index >= 15 is 0 Å². The zero-order valence-corrected chi connectivity index (χ0v) is 14.9. The van der Waals surface area contributed by atoms with Gasteiger partial charge >= 0.3 is 0 Å². The van der Waals surface area contributed by atoms with Gasteiger partial charge in [-0.1, -0.05) is 12.1 Å². The van der Waals surface area contributed by atoms with E-state index in [9.17, 15) is 4.79 Å². The lowest BCUT2D eigenvalue weighted by atomic mass is 10.3. The number of rotatable bonds is 4. The van der Waals surface area contributed by atoms with Gasteiger partial charge in [-0.2, -0.15) is 0 Å². The third kappa shape index (κ3) is 3.24. The van der Waals surface area contributed by atoms with Crippen molar-refractivity contribution < 1.29 is 9.21 Å². The van der Waals surface area contributed by atoms with Crippen molar-refractivity contribution >= 4 is 50.9 Å². The largest absolute Gasteiger partial charge is 0.454 e. The number of hydrogen-bond acceptors (Lipinski definition) is 6. The first kappa shape index (κ1) is 15.7. The summed E-state index contributed by atoms with van der Waals surface area (Å²) in [4.78, 5) is 20.9. The Hall–Kier alpha value is -2.77. The average Bonchev–Trinajstić information content (AvgIpc) is 3.37. The quantitative estimate of drug-likeness (QED) is 0.575. The van der Waals surface area contributed by atoms with E-state index in [1.54, 1.807) is 24.6 Å². The Morgan fingerprint density at radius 1 is 1.16 bits per heavy atom. The fourth-order valence-electron chi connectivity index (χ4n) is 2.28. The Bertz CT molecular complexity index is 1040. The molecule has 0 atom stereocenters. The van der Waals surface area contributed by atoms with Gasteiger partial charge in [0.15, 0.2) is 10.8 Å². The fourth-order valence-corrected chi connectivity index (χ4v) is 3.98. The zero-order chi connectivity index (χ0) is 17.2. The molecule has 0 radical (unpaired) electrons. The van der Waals surface area contributed by atoms with Crippen LogP contribution in [0.3, 0.4) is 0 Å². The first-order valence-electron chi connectivity index (χ1n) is 7.55. The van der Waals surface area contributed by atoms with Crippen molar-refractivity contribution in [2.24, 2.45) is 0 Å². The summed E-state index contributed by atoms with van der Waals surface area (Å²) in [6.45, 7) is 0. The molecule has 0 unspecified atom stereocenters. The molecule has 0 aliphatic carbocycles. The molecule has 5 nitrogen and oxygen atoms in total. The van der Waals surface area contributed by atoms with Crippen molar-refractivity contribution in [3.05, 3.63) is 58.2 Å². The monoisotopic (exact) mass is 367 g/mol. The van der Waals surface area contributed by atoms with Crippen LogP contribution in [0.15, 0.2) is 47.0 Å². The summed E-state index contributed by atoms with van der Waals surface area (Å²) in [5, 5.41) is 4.19. The number of carbonyl (C=O) groups is 1. The molecule has 7 heteroatoms. The van der Waals surface area contributed by atoms with Gasteiger partial charge in [0.25, 0.3) is 5.91 Å². The van der Waals surface area contributed by atoms with Crippen molar-refractivity contribution in [1.29, 1.82) is 0 Å². The standard InChI is InChI=1S/C18H13N3O2S2/c1-19-17(22)15-10-20-16(24-15)9-7-11-6-8-13(23-11)18-21-12-4-2-3-5-14(12)25-18/h2-10H,1H3,(H,19,22)/b9-7+. The molecule has 4 aromatic rings. The lowest BCUT2D eigenvalue weighted by molar-refractivity contribution is 0.0967. The number of amides is 1. The molecule has 1 aromatic carbocycles. The van der Waals surface area contributed by atoms with Crippen LogP contribution < -0.4 is 5.32 Å². The van der Waals surface area contributed by atoms with Crippen LogP contribution in [0.1, 0.15) is 20.4 Å². The molecule has 0 saturated heterocycles. The fraction of sp³-hybridized carbons (Fsp3) is 0.0556. The van der Waals surface area contributed by atoms with Gasteiger partial charge in [0.1, 0.15) is 15.6 Å². The van der Waals surface area contributed by atoms with E-state index in [1.165, 1.54) is 11.3 Å². The highest BCUT2D eigenvalue weighted by molar-refractivity contribution is 7.21. The van der Waals surface area contributed by atoms with E-state index in [1.807, 2.05) is 48.6 Å². The second-order valence-electron chi connectivity index (χ2n) is 5.16. The van der Waals surface area contributed by atoms with Crippen molar-refractivity contribution in [2.45, 2.75) is 0 Å². The van der Waals surface area contributed by atoms with Gasteiger partial charge in [0, 0.05) is 7.05 Å². The number of furan rings is 1. The molecule has 124 valence electrons. The van der Waals surface area contributed by atoms with Crippen LogP contribution in [0.5, 0.6) is 0 Å². The normalized spacial score (nSPS) is 11.4. The minimum absolute atomic E-state index is 0.131. The molecule has 25 heavy (non-hydrogen) atoms. The Balaban J connectivity index is 1.54. The molecule has 0 aliphatic heterocycles. The molecule has 0 spiro atoms. The summed E-state index contributed by atoms with van der Waals surface area (Å²) < 4.78 is 6.99. The van der Waals surface area contributed by atoms with E-state index < -0.39 is 0 Å². The summed E-state index contributed by atoms with van der Waals surface area (Å²) >= 11 is 2.93. The highest BCUT2D eigenvalue weighted by Gasteiger charge is 2.10. The van der Waals surface area contributed by atoms with Crippen LogP contribution >= 0.6 is 22.7 Å². The van der Waals surface area contributed by atoms with E-state index in [2.05, 4.69) is 15.3 Å². The highest BCUT2D eigenvalue weighted by Crippen LogP contribution is 2.31. The second kappa shape index (κ2) is 6.62. The van der Waals surface area contributed by atoms with Gasteiger partial charge in [0.05, 0.1) is 16.4 Å². The van der Waals surface area contributed by atoms with Gasteiger partial charge in [-0.3, -0.25) is 4.79 Å². The predicted molar refractivity (Wildman–Crippen MR) is 102 cm³/mol. The molecule has 0 fully saturated rings. The molecule has 0 aliphatic rings. The SMILES string of the molecule is CNC(=O)c1cnc(/C=C/c2ccc(-c3nc4ccccc4s3)o2)s1. The predicted octanol–water partition coefficient (Wildman–Crippen LogP) is 4.54. The molecule has 0 saturated carbocycles. The van der Waals surface area contributed by atoms with Crippen LogP contribution in [-0.2, 0) is 0 Å². The minimum atomic E-state index is -0.131. The number of benzene rings is 1. The van der Waals surface area contributed by atoms with E-state index in [4.69, 9.17) is 4.42 Å². The second-order valence-corrected chi connectivity index (χ2v) is 7.26. The third-order valence-corrected chi connectivity index (χ3v) is 5.51. The Labute approximate surface area is 151 Å².